The molecule has 3 heterocycles. The lowest BCUT2D eigenvalue weighted by Gasteiger charge is -2.35. The number of aromatic nitrogens is 4. The van der Waals surface area contributed by atoms with Crippen molar-refractivity contribution in [3.63, 3.8) is 0 Å². The van der Waals surface area contributed by atoms with Crippen molar-refractivity contribution in [3.05, 3.63) is 90.5 Å². The molecule has 4 aromatic rings. The van der Waals surface area contributed by atoms with E-state index in [1.165, 1.54) is 0 Å². The number of rotatable bonds is 5. The summed E-state index contributed by atoms with van der Waals surface area (Å²) < 4.78 is 7.65. The Labute approximate surface area is 192 Å². The molecule has 166 valence electrons. The van der Waals surface area contributed by atoms with Crippen LogP contribution in [0.2, 0.25) is 0 Å². The van der Waals surface area contributed by atoms with Crippen LogP contribution in [0.25, 0.3) is 5.69 Å². The predicted molar refractivity (Wildman–Crippen MR) is 125 cm³/mol. The molecule has 5 rings (SSSR count). The van der Waals surface area contributed by atoms with Crippen molar-refractivity contribution in [2.45, 2.75) is 6.92 Å². The van der Waals surface area contributed by atoms with E-state index in [0.717, 1.165) is 17.3 Å². The Morgan fingerprint density at radius 1 is 0.909 bits per heavy atom. The van der Waals surface area contributed by atoms with Crippen LogP contribution in [-0.4, -0.2) is 56.7 Å². The van der Waals surface area contributed by atoms with Gasteiger partial charge < -0.3 is 14.5 Å². The molecule has 33 heavy (non-hydrogen) atoms. The van der Waals surface area contributed by atoms with Gasteiger partial charge in [-0.1, -0.05) is 24.3 Å². The Morgan fingerprint density at radius 2 is 1.73 bits per heavy atom. The van der Waals surface area contributed by atoms with E-state index in [2.05, 4.69) is 20.0 Å². The zero-order valence-electron chi connectivity index (χ0n) is 18.3. The molecule has 2 aromatic heterocycles. The minimum Gasteiger partial charge on any atom is -0.439 e. The molecule has 8 nitrogen and oxygen atoms in total. The summed E-state index contributed by atoms with van der Waals surface area (Å²) in [7, 11) is 0. The maximum atomic E-state index is 13.1. The summed E-state index contributed by atoms with van der Waals surface area (Å²) in [6.45, 7) is 4.46. The number of ether oxygens (including phenoxy) is 1. The number of nitrogens with zero attached hydrogens (tertiary/aromatic N) is 6. The molecular weight excluding hydrogens is 416 g/mol. The molecule has 1 fully saturated rings. The average Bonchev–Trinajstić information content (AvgIpc) is 3.39. The minimum atomic E-state index is 0.0237. The second-order valence-corrected chi connectivity index (χ2v) is 7.81. The van der Waals surface area contributed by atoms with E-state index in [1.807, 2.05) is 84.8 Å². The minimum absolute atomic E-state index is 0.0237. The Bertz CT molecular complexity index is 1240. The summed E-state index contributed by atoms with van der Waals surface area (Å²) in [6, 6.07) is 20.8. The first-order chi connectivity index (χ1) is 16.2. The van der Waals surface area contributed by atoms with Crippen molar-refractivity contribution in [3.8, 4) is 17.3 Å². The number of benzene rings is 2. The third-order valence-corrected chi connectivity index (χ3v) is 5.52. The zero-order chi connectivity index (χ0) is 22.6. The number of anilines is 1. The summed E-state index contributed by atoms with van der Waals surface area (Å²) in [5.74, 6) is 2.72. The van der Waals surface area contributed by atoms with Gasteiger partial charge in [-0.2, -0.15) is 10.1 Å². The van der Waals surface area contributed by atoms with Gasteiger partial charge in [-0.15, -0.1) is 0 Å². The van der Waals surface area contributed by atoms with E-state index in [0.29, 0.717) is 43.4 Å². The van der Waals surface area contributed by atoms with Gasteiger partial charge in [0, 0.05) is 50.2 Å². The third kappa shape index (κ3) is 4.69. The second-order valence-electron chi connectivity index (χ2n) is 7.81. The smallest absolute Gasteiger partial charge is 0.254 e. The molecule has 0 radical (unpaired) electrons. The molecule has 1 saturated heterocycles. The maximum absolute atomic E-state index is 13.1. The molecule has 0 spiro atoms. The van der Waals surface area contributed by atoms with E-state index in [1.54, 1.807) is 10.9 Å². The van der Waals surface area contributed by atoms with Crippen molar-refractivity contribution in [2.24, 2.45) is 0 Å². The average molecular weight is 441 g/mol. The highest BCUT2D eigenvalue weighted by Crippen LogP contribution is 2.24. The first-order valence-corrected chi connectivity index (χ1v) is 10.9. The molecule has 8 heteroatoms. The van der Waals surface area contributed by atoms with Crippen LogP contribution in [0.1, 0.15) is 16.2 Å². The van der Waals surface area contributed by atoms with Gasteiger partial charge in [-0.05, 0) is 43.3 Å². The van der Waals surface area contributed by atoms with E-state index in [-0.39, 0.29) is 5.91 Å². The molecule has 1 aliphatic heterocycles. The largest absolute Gasteiger partial charge is 0.439 e. The van der Waals surface area contributed by atoms with Gasteiger partial charge in [-0.25, -0.2) is 9.67 Å². The quantitative estimate of drug-likeness (QED) is 0.471. The Kier molecular flexibility index (Phi) is 5.72. The molecule has 2 aromatic carbocycles. The number of piperazine rings is 1. The number of hydrogen-bond acceptors (Lipinski definition) is 6. The van der Waals surface area contributed by atoms with Gasteiger partial charge in [0.1, 0.15) is 17.4 Å². The standard InChI is InChI=1S/C25H24N6O2/c1-19-27-23(18-24(28-19)33-22-9-3-2-4-10-22)29-13-15-30(16-14-29)25(32)20-7-5-8-21(17-20)31-12-6-11-26-31/h2-12,17-18H,13-16H2,1H3. The number of amides is 1. The number of carbonyl (C=O) groups is 1. The highest BCUT2D eigenvalue weighted by atomic mass is 16.5. The highest BCUT2D eigenvalue weighted by molar-refractivity contribution is 5.95. The third-order valence-electron chi connectivity index (χ3n) is 5.52. The first-order valence-electron chi connectivity index (χ1n) is 10.9. The van der Waals surface area contributed by atoms with Crippen LogP contribution in [0.15, 0.2) is 79.1 Å². The van der Waals surface area contributed by atoms with Crippen LogP contribution in [0, 0.1) is 6.92 Å². The molecular formula is C25H24N6O2. The number of hydrogen-bond donors (Lipinski definition) is 0. The van der Waals surface area contributed by atoms with Gasteiger partial charge in [0.05, 0.1) is 5.69 Å². The lowest BCUT2D eigenvalue weighted by Crippen LogP contribution is -2.49. The SMILES string of the molecule is Cc1nc(Oc2ccccc2)cc(N2CCN(C(=O)c3cccc(-n4cccn4)c3)CC2)n1. The molecule has 0 N–H and O–H groups in total. The predicted octanol–water partition coefficient (Wildman–Crippen LogP) is 3.73. The second kappa shape index (κ2) is 9.12. The fraction of sp³-hybridized carbons (Fsp3) is 0.200. The van der Waals surface area contributed by atoms with E-state index >= 15 is 0 Å². The van der Waals surface area contributed by atoms with Crippen molar-refractivity contribution < 1.29 is 9.53 Å². The van der Waals surface area contributed by atoms with Gasteiger partial charge >= 0.3 is 0 Å². The van der Waals surface area contributed by atoms with Gasteiger partial charge in [0.25, 0.3) is 5.91 Å². The number of aryl methyl sites for hydroxylation is 1. The zero-order valence-corrected chi connectivity index (χ0v) is 18.3. The van der Waals surface area contributed by atoms with E-state index in [4.69, 9.17) is 4.74 Å². The lowest BCUT2D eigenvalue weighted by atomic mass is 10.1. The van der Waals surface area contributed by atoms with Crippen LogP contribution in [0.5, 0.6) is 11.6 Å². The fourth-order valence-corrected chi connectivity index (χ4v) is 3.87. The van der Waals surface area contributed by atoms with Crippen LogP contribution >= 0.6 is 0 Å². The molecule has 0 bridgehead atoms. The maximum Gasteiger partial charge on any atom is 0.254 e. The molecule has 0 saturated carbocycles. The van der Waals surface area contributed by atoms with E-state index in [9.17, 15) is 4.79 Å². The summed E-state index contributed by atoms with van der Waals surface area (Å²) in [6.07, 6.45) is 3.58. The van der Waals surface area contributed by atoms with Gasteiger partial charge in [0.2, 0.25) is 5.88 Å². The monoisotopic (exact) mass is 440 g/mol. The normalized spacial score (nSPS) is 13.7. The lowest BCUT2D eigenvalue weighted by molar-refractivity contribution is 0.0746. The summed E-state index contributed by atoms with van der Waals surface area (Å²) >= 11 is 0. The molecule has 1 aliphatic rings. The van der Waals surface area contributed by atoms with Crippen LogP contribution in [0.3, 0.4) is 0 Å². The number of para-hydroxylation sites is 1. The van der Waals surface area contributed by atoms with Crippen molar-refractivity contribution in [1.82, 2.24) is 24.6 Å². The summed E-state index contributed by atoms with van der Waals surface area (Å²) in [4.78, 5) is 26.1. The first kappa shape index (κ1) is 20.7. The topological polar surface area (TPSA) is 76.4 Å². The van der Waals surface area contributed by atoms with Crippen LogP contribution in [-0.2, 0) is 0 Å². The highest BCUT2D eigenvalue weighted by Gasteiger charge is 2.24. The molecule has 0 unspecified atom stereocenters. The molecule has 1 amide bonds. The van der Waals surface area contributed by atoms with Crippen LogP contribution in [0.4, 0.5) is 5.82 Å². The Morgan fingerprint density at radius 3 is 2.48 bits per heavy atom. The van der Waals surface area contributed by atoms with Crippen molar-refractivity contribution in [1.29, 1.82) is 0 Å². The van der Waals surface area contributed by atoms with Crippen LogP contribution < -0.4 is 9.64 Å². The summed E-state index contributed by atoms with van der Waals surface area (Å²) in [5.41, 5.74) is 1.53. The summed E-state index contributed by atoms with van der Waals surface area (Å²) in [5, 5.41) is 4.25. The Balaban J connectivity index is 1.26. The van der Waals surface area contributed by atoms with Gasteiger partial charge in [-0.3, -0.25) is 4.79 Å². The number of carbonyl (C=O) groups excluding carboxylic acids is 1. The fourth-order valence-electron chi connectivity index (χ4n) is 3.87. The van der Waals surface area contributed by atoms with E-state index < -0.39 is 0 Å². The van der Waals surface area contributed by atoms with Crippen molar-refractivity contribution in [2.75, 3.05) is 31.1 Å². The molecule has 0 atom stereocenters. The van der Waals surface area contributed by atoms with Crippen molar-refractivity contribution >= 4 is 11.7 Å². The Hall–Kier alpha value is -4.20. The van der Waals surface area contributed by atoms with Gasteiger partial charge in [0.15, 0.2) is 0 Å². The molecule has 0 aliphatic carbocycles.